The van der Waals surface area contributed by atoms with E-state index in [0.717, 1.165) is 18.8 Å². The lowest BCUT2D eigenvalue weighted by molar-refractivity contribution is 0.707. The molecule has 16 heavy (non-hydrogen) atoms. The molecule has 0 bridgehead atoms. The van der Waals surface area contributed by atoms with Gasteiger partial charge in [0.25, 0.3) is 0 Å². The van der Waals surface area contributed by atoms with Gasteiger partial charge in [-0.15, -0.1) is 0 Å². The lowest BCUT2D eigenvalue weighted by Gasteiger charge is -2.29. The van der Waals surface area contributed by atoms with E-state index in [1.807, 2.05) is 0 Å². The number of nitrogens with zero attached hydrogens (tertiary/aromatic N) is 1. The smallest absolute Gasteiger partial charge is 0.100 e. The molecule has 1 saturated heterocycles. The van der Waals surface area contributed by atoms with Gasteiger partial charge in [-0.25, -0.2) is 0 Å². The largest absolute Gasteiger partial charge is 0.330 e. The number of anilines is 1. The van der Waals surface area contributed by atoms with Crippen molar-refractivity contribution in [3.8, 4) is 0 Å². The van der Waals surface area contributed by atoms with Gasteiger partial charge < -0.3 is 4.90 Å². The van der Waals surface area contributed by atoms with Crippen LogP contribution in [0.3, 0.4) is 0 Å². The minimum atomic E-state index is 0.579. The first-order chi connectivity index (χ1) is 7.68. The van der Waals surface area contributed by atoms with Gasteiger partial charge in [-0.3, -0.25) is 5.41 Å². The third-order valence-corrected chi connectivity index (χ3v) is 3.24. The molecule has 2 heteroatoms. The molecular formula is C14H20N2. The number of hydrogen-bond acceptors (Lipinski definition) is 1. The molecule has 1 aliphatic rings. The molecule has 1 N–H and O–H groups in total. The Morgan fingerprint density at radius 2 is 1.81 bits per heavy atom. The van der Waals surface area contributed by atoms with Crippen LogP contribution in [0.1, 0.15) is 44.6 Å². The zero-order valence-corrected chi connectivity index (χ0v) is 10.2. The standard InChI is InChI=1S/C14H20N2/c1-11(2)12-6-8-13(9-7-12)16-10-4-3-5-14(16)15/h6-9,11,15H,3-5,10H2,1-2H3. The number of rotatable bonds is 2. The summed E-state index contributed by atoms with van der Waals surface area (Å²) in [4.78, 5) is 2.13. The van der Waals surface area contributed by atoms with Crippen LogP contribution in [0.4, 0.5) is 5.69 Å². The summed E-state index contributed by atoms with van der Waals surface area (Å²) in [5.41, 5.74) is 2.54. The summed E-state index contributed by atoms with van der Waals surface area (Å²) >= 11 is 0. The van der Waals surface area contributed by atoms with Gasteiger partial charge in [0, 0.05) is 18.7 Å². The molecule has 0 amide bonds. The third kappa shape index (κ3) is 2.26. The Bertz CT molecular complexity index is 365. The van der Waals surface area contributed by atoms with Crippen molar-refractivity contribution in [2.75, 3.05) is 11.4 Å². The van der Waals surface area contributed by atoms with Gasteiger partial charge in [-0.1, -0.05) is 26.0 Å². The molecule has 0 saturated carbocycles. The molecule has 2 rings (SSSR count). The molecule has 1 heterocycles. The van der Waals surface area contributed by atoms with Crippen LogP contribution in [0.2, 0.25) is 0 Å². The predicted octanol–water partition coefficient (Wildman–Crippen LogP) is 3.78. The topological polar surface area (TPSA) is 27.1 Å². The van der Waals surface area contributed by atoms with E-state index in [-0.39, 0.29) is 0 Å². The molecule has 1 aliphatic heterocycles. The summed E-state index contributed by atoms with van der Waals surface area (Å²) in [5, 5.41) is 7.95. The second-order valence-corrected chi connectivity index (χ2v) is 4.80. The molecule has 0 aliphatic carbocycles. The van der Waals surface area contributed by atoms with E-state index in [9.17, 15) is 0 Å². The summed E-state index contributed by atoms with van der Waals surface area (Å²) in [6.07, 6.45) is 3.29. The lowest BCUT2D eigenvalue weighted by atomic mass is 10.0. The molecule has 86 valence electrons. The molecular weight excluding hydrogens is 196 g/mol. The number of piperidine rings is 1. The molecule has 0 radical (unpaired) electrons. The van der Waals surface area contributed by atoms with E-state index in [4.69, 9.17) is 5.41 Å². The van der Waals surface area contributed by atoms with Crippen LogP contribution in [0, 0.1) is 5.41 Å². The number of hydrogen-bond donors (Lipinski definition) is 1. The highest BCUT2D eigenvalue weighted by atomic mass is 15.2. The van der Waals surface area contributed by atoms with Crippen LogP contribution >= 0.6 is 0 Å². The highest BCUT2D eigenvalue weighted by Crippen LogP contribution is 2.23. The number of amidine groups is 1. The van der Waals surface area contributed by atoms with Crippen LogP contribution in [0.15, 0.2) is 24.3 Å². The average Bonchev–Trinajstić information content (AvgIpc) is 2.30. The Morgan fingerprint density at radius 3 is 2.38 bits per heavy atom. The van der Waals surface area contributed by atoms with Gasteiger partial charge in [-0.2, -0.15) is 0 Å². The lowest BCUT2D eigenvalue weighted by Crippen LogP contribution is -2.34. The van der Waals surface area contributed by atoms with E-state index in [0.29, 0.717) is 5.92 Å². The highest BCUT2D eigenvalue weighted by molar-refractivity contribution is 5.96. The van der Waals surface area contributed by atoms with E-state index in [1.54, 1.807) is 0 Å². The van der Waals surface area contributed by atoms with E-state index >= 15 is 0 Å². The Hall–Kier alpha value is -1.31. The molecule has 2 nitrogen and oxygen atoms in total. The average molecular weight is 216 g/mol. The molecule has 0 spiro atoms. The number of nitrogens with one attached hydrogen (secondary N) is 1. The quantitative estimate of drug-likeness (QED) is 0.800. The molecule has 0 unspecified atom stereocenters. The van der Waals surface area contributed by atoms with Crippen molar-refractivity contribution >= 4 is 11.5 Å². The van der Waals surface area contributed by atoms with E-state index in [1.165, 1.54) is 24.1 Å². The maximum absolute atomic E-state index is 7.95. The Kier molecular flexibility index (Phi) is 3.28. The summed E-state index contributed by atoms with van der Waals surface area (Å²) in [6, 6.07) is 8.66. The van der Waals surface area contributed by atoms with E-state index in [2.05, 4.69) is 43.0 Å². The monoisotopic (exact) mass is 216 g/mol. The Labute approximate surface area is 97.8 Å². The van der Waals surface area contributed by atoms with Crippen LogP contribution < -0.4 is 4.90 Å². The number of benzene rings is 1. The molecule has 1 aromatic rings. The maximum Gasteiger partial charge on any atom is 0.100 e. The van der Waals surface area contributed by atoms with Crippen molar-refractivity contribution in [1.82, 2.24) is 0 Å². The Morgan fingerprint density at radius 1 is 1.12 bits per heavy atom. The van der Waals surface area contributed by atoms with Gasteiger partial charge >= 0.3 is 0 Å². The van der Waals surface area contributed by atoms with E-state index < -0.39 is 0 Å². The van der Waals surface area contributed by atoms with Gasteiger partial charge in [0.2, 0.25) is 0 Å². The SMILES string of the molecule is CC(C)c1ccc(N2CCCCC2=N)cc1. The fourth-order valence-corrected chi connectivity index (χ4v) is 2.16. The summed E-state index contributed by atoms with van der Waals surface area (Å²) < 4.78 is 0. The van der Waals surface area contributed by atoms with Gasteiger partial charge in [0.05, 0.1) is 0 Å². The summed E-state index contributed by atoms with van der Waals surface area (Å²) in [6.45, 7) is 5.41. The van der Waals surface area contributed by atoms with Gasteiger partial charge in [0.1, 0.15) is 5.84 Å². The fourth-order valence-electron chi connectivity index (χ4n) is 2.16. The van der Waals surface area contributed by atoms with Crippen molar-refractivity contribution in [2.45, 2.75) is 39.0 Å². The van der Waals surface area contributed by atoms with Crippen LogP contribution in [-0.2, 0) is 0 Å². The van der Waals surface area contributed by atoms with Gasteiger partial charge in [-0.05, 0) is 36.5 Å². The fraction of sp³-hybridized carbons (Fsp3) is 0.500. The second kappa shape index (κ2) is 4.69. The molecule has 0 atom stereocenters. The summed E-state index contributed by atoms with van der Waals surface area (Å²) in [7, 11) is 0. The van der Waals surface area contributed by atoms with Gasteiger partial charge in [0.15, 0.2) is 0 Å². The van der Waals surface area contributed by atoms with Crippen molar-refractivity contribution in [2.24, 2.45) is 0 Å². The van der Waals surface area contributed by atoms with Crippen molar-refractivity contribution in [3.63, 3.8) is 0 Å². The Balaban J connectivity index is 2.17. The van der Waals surface area contributed by atoms with Crippen molar-refractivity contribution in [3.05, 3.63) is 29.8 Å². The van der Waals surface area contributed by atoms with Crippen molar-refractivity contribution in [1.29, 1.82) is 5.41 Å². The predicted molar refractivity (Wildman–Crippen MR) is 69.5 cm³/mol. The summed E-state index contributed by atoms with van der Waals surface area (Å²) in [5.74, 6) is 1.35. The van der Waals surface area contributed by atoms with Crippen molar-refractivity contribution < 1.29 is 0 Å². The first kappa shape index (κ1) is 11.2. The highest BCUT2D eigenvalue weighted by Gasteiger charge is 2.16. The zero-order valence-electron chi connectivity index (χ0n) is 10.2. The second-order valence-electron chi connectivity index (χ2n) is 4.80. The maximum atomic E-state index is 7.95. The zero-order chi connectivity index (χ0) is 11.5. The third-order valence-electron chi connectivity index (χ3n) is 3.24. The van der Waals surface area contributed by atoms with Crippen LogP contribution in [0.25, 0.3) is 0 Å². The molecule has 1 aromatic carbocycles. The first-order valence-electron chi connectivity index (χ1n) is 6.13. The first-order valence-corrected chi connectivity index (χ1v) is 6.13. The minimum Gasteiger partial charge on any atom is -0.330 e. The molecule has 0 aromatic heterocycles. The normalized spacial score (nSPS) is 16.9. The van der Waals surface area contributed by atoms with Crippen LogP contribution in [-0.4, -0.2) is 12.4 Å². The molecule has 1 fully saturated rings. The van der Waals surface area contributed by atoms with Crippen LogP contribution in [0.5, 0.6) is 0 Å². The minimum absolute atomic E-state index is 0.579.